The second kappa shape index (κ2) is 7.68. The molecule has 5 heteroatoms. The number of aliphatic imine (C=N–C) groups is 2. The van der Waals surface area contributed by atoms with Crippen molar-refractivity contribution >= 4 is 46.0 Å². The lowest BCUT2D eigenvalue weighted by molar-refractivity contribution is 0.548. The van der Waals surface area contributed by atoms with Crippen LogP contribution in [0.15, 0.2) is 75.1 Å². The second-order valence-electron chi connectivity index (χ2n) is 5.51. The first-order chi connectivity index (χ1) is 12.0. The molecule has 0 unspecified atom stereocenters. The minimum atomic E-state index is 0.686. The van der Waals surface area contributed by atoms with Crippen molar-refractivity contribution in [3.63, 3.8) is 0 Å². The number of halogens is 2. The number of furan rings is 1. The smallest absolute Gasteiger partial charge is 0.148 e. The molecule has 0 bridgehead atoms. The lowest BCUT2D eigenvalue weighted by Gasteiger charge is -2.00. The van der Waals surface area contributed by atoms with E-state index in [-0.39, 0.29) is 0 Å². The summed E-state index contributed by atoms with van der Waals surface area (Å²) in [6.07, 6.45) is 0. The highest BCUT2D eigenvalue weighted by Gasteiger charge is 2.08. The normalized spacial score (nSPS) is 12.5. The van der Waals surface area contributed by atoms with E-state index in [2.05, 4.69) is 9.98 Å². The van der Waals surface area contributed by atoms with Gasteiger partial charge in [0.05, 0.1) is 22.8 Å². The Kier molecular flexibility index (Phi) is 5.37. The molecule has 0 atom stereocenters. The first-order valence-corrected chi connectivity index (χ1v) is 8.49. The average Bonchev–Trinajstić information content (AvgIpc) is 3.09. The third-order valence-corrected chi connectivity index (χ3v) is 4.07. The van der Waals surface area contributed by atoms with Crippen molar-refractivity contribution < 1.29 is 4.42 Å². The Hall–Kier alpha value is -2.36. The van der Waals surface area contributed by atoms with E-state index in [1.165, 1.54) is 0 Å². The Labute approximate surface area is 156 Å². The van der Waals surface area contributed by atoms with Gasteiger partial charge in [0.15, 0.2) is 0 Å². The predicted octanol–water partition coefficient (Wildman–Crippen LogP) is 6.87. The summed E-state index contributed by atoms with van der Waals surface area (Å²) in [4.78, 5) is 9.09. The summed E-state index contributed by atoms with van der Waals surface area (Å²) in [6.45, 7) is 3.81. The Morgan fingerprint density at radius 2 is 1.00 bits per heavy atom. The summed E-state index contributed by atoms with van der Waals surface area (Å²) in [5, 5.41) is 1.37. The highest BCUT2D eigenvalue weighted by atomic mass is 35.5. The summed E-state index contributed by atoms with van der Waals surface area (Å²) in [7, 11) is 0. The molecule has 25 heavy (non-hydrogen) atoms. The molecule has 1 aromatic heterocycles. The monoisotopic (exact) mass is 370 g/mol. The highest BCUT2D eigenvalue weighted by molar-refractivity contribution is 6.30. The van der Waals surface area contributed by atoms with Crippen LogP contribution in [0.4, 0.5) is 11.4 Å². The maximum absolute atomic E-state index is 5.89. The summed E-state index contributed by atoms with van der Waals surface area (Å²) >= 11 is 11.8. The molecule has 3 nitrogen and oxygen atoms in total. The topological polar surface area (TPSA) is 37.9 Å². The highest BCUT2D eigenvalue weighted by Crippen LogP contribution is 2.21. The van der Waals surface area contributed by atoms with E-state index in [0.717, 1.165) is 22.8 Å². The van der Waals surface area contributed by atoms with Crippen LogP contribution in [0, 0.1) is 0 Å². The zero-order valence-electron chi connectivity index (χ0n) is 13.8. The van der Waals surface area contributed by atoms with Gasteiger partial charge in [-0.3, -0.25) is 0 Å². The molecular weight excluding hydrogens is 355 g/mol. The van der Waals surface area contributed by atoms with Gasteiger partial charge in [0.2, 0.25) is 0 Å². The standard InChI is InChI=1S/C20H16Cl2N2O/c1-13(23-17-7-3-15(21)4-8-17)19-11-12-20(25-19)14(2)24-18-9-5-16(22)6-10-18/h3-12H,1-2H3. The minimum Gasteiger partial charge on any atom is -0.454 e. The maximum atomic E-state index is 5.89. The first-order valence-electron chi connectivity index (χ1n) is 7.73. The third kappa shape index (κ3) is 4.59. The molecule has 0 spiro atoms. The van der Waals surface area contributed by atoms with E-state index in [4.69, 9.17) is 27.6 Å². The van der Waals surface area contributed by atoms with Crippen LogP contribution in [0.25, 0.3) is 0 Å². The van der Waals surface area contributed by atoms with Crippen LogP contribution < -0.4 is 0 Å². The summed E-state index contributed by atoms with van der Waals surface area (Å²) in [6, 6.07) is 18.5. The van der Waals surface area contributed by atoms with Crippen molar-refractivity contribution in [1.29, 1.82) is 0 Å². The van der Waals surface area contributed by atoms with E-state index in [0.29, 0.717) is 21.6 Å². The summed E-state index contributed by atoms with van der Waals surface area (Å²) in [5.74, 6) is 1.41. The zero-order chi connectivity index (χ0) is 17.8. The number of benzene rings is 2. The Morgan fingerprint density at radius 3 is 1.36 bits per heavy atom. The number of hydrogen-bond acceptors (Lipinski definition) is 3. The lowest BCUT2D eigenvalue weighted by Crippen LogP contribution is -1.93. The molecule has 2 aromatic carbocycles. The van der Waals surface area contributed by atoms with E-state index >= 15 is 0 Å². The van der Waals surface area contributed by atoms with Crippen LogP contribution in [-0.4, -0.2) is 11.4 Å². The average molecular weight is 371 g/mol. The number of rotatable bonds is 4. The van der Waals surface area contributed by atoms with Gasteiger partial charge in [-0.25, -0.2) is 9.98 Å². The van der Waals surface area contributed by atoms with Crippen molar-refractivity contribution in [2.24, 2.45) is 9.98 Å². The van der Waals surface area contributed by atoms with Gasteiger partial charge in [0, 0.05) is 10.0 Å². The molecule has 0 N–H and O–H groups in total. The van der Waals surface area contributed by atoms with Gasteiger partial charge in [-0.15, -0.1) is 0 Å². The molecule has 0 aliphatic heterocycles. The SMILES string of the molecule is CC(=Nc1ccc(Cl)cc1)c1ccc(C(C)=Nc2ccc(Cl)cc2)o1. The van der Waals surface area contributed by atoms with E-state index in [1.807, 2.05) is 74.5 Å². The van der Waals surface area contributed by atoms with Crippen LogP contribution in [0.3, 0.4) is 0 Å². The van der Waals surface area contributed by atoms with E-state index in [1.54, 1.807) is 0 Å². The molecule has 0 fully saturated rings. The Bertz CT molecular complexity index is 847. The van der Waals surface area contributed by atoms with E-state index in [9.17, 15) is 0 Å². The largest absolute Gasteiger partial charge is 0.454 e. The fourth-order valence-electron chi connectivity index (χ4n) is 2.26. The molecule has 3 aromatic rings. The molecule has 0 amide bonds. The summed E-state index contributed by atoms with van der Waals surface area (Å²) in [5.41, 5.74) is 3.22. The van der Waals surface area contributed by atoms with E-state index < -0.39 is 0 Å². The van der Waals surface area contributed by atoms with Gasteiger partial charge in [0.1, 0.15) is 11.5 Å². The lowest BCUT2D eigenvalue weighted by atomic mass is 10.2. The van der Waals surface area contributed by atoms with Crippen LogP contribution in [0.5, 0.6) is 0 Å². The first kappa shape index (κ1) is 17.5. The summed E-state index contributed by atoms with van der Waals surface area (Å²) < 4.78 is 5.89. The minimum absolute atomic E-state index is 0.686. The van der Waals surface area contributed by atoms with Gasteiger partial charge >= 0.3 is 0 Å². The van der Waals surface area contributed by atoms with Crippen LogP contribution in [0.2, 0.25) is 10.0 Å². The Morgan fingerprint density at radius 1 is 0.640 bits per heavy atom. The molecule has 0 aliphatic carbocycles. The van der Waals surface area contributed by atoms with Gasteiger partial charge in [-0.05, 0) is 74.5 Å². The van der Waals surface area contributed by atoms with Gasteiger partial charge < -0.3 is 4.42 Å². The number of nitrogens with zero attached hydrogens (tertiary/aromatic N) is 2. The van der Waals surface area contributed by atoms with Crippen molar-refractivity contribution in [1.82, 2.24) is 0 Å². The van der Waals surface area contributed by atoms with Crippen molar-refractivity contribution in [2.75, 3.05) is 0 Å². The van der Waals surface area contributed by atoms with Crippen molar-refractivity contribution in [3.8, 4) is 0 Å². The molecular formula is C20H16Cl2N2O. The molecule has 0 radical (unpaired) electrons. The Balaban J connectivity index is 1.81. The van der Waals surface area contributed by atoms with Crippen molar-refractivity contribution in [3.05, 3.63) is 82.2 Å². The fourth-order valence-corrected chi connectivity index (χ4v) is 2.51. The van der Waals surface area contributed by atoms with Gasteiger partial charge in [-0.2, -0.15) is 0 Å². The van der Waals surface area contributed by atoms with Gasteiger partial charge in [-0.1, -0.05) is 23.2 Å². The predicted molar refractivity (Wildman–Crippen MR) is 105 cm³/mol. The molecule has 0 saturated carbocycles. The molecule has 0 aliphatic rings. The molecule has 0 saturated heterocycles. The van der Waals surface area contributed by atoms with Crippen LogP contribution >= 0.6 is 23.2 Å². The third-order valence-electron chi connectivity index (χ3n) is 3.57. The van der Waals surface area contributed by atoms with Gasteiger partial charge in [0.25, 0.3) is 0 Å². The van der Waals surface area contributed by atoms with Crippen molar-refractivity contribution in [2.45, 2.75) is 13.8 Å². The fraction of sp³-hybridized carbons (Fsp3) is 0.100. The zero-order valence-corrected chi connectivity index (χ0v) is 15.3. The molecule has 3 rings (SSSR count). The molecule has 1 heterocycles. The van der Waals surface area contributed by atoms with Crippen LogP contribution in [-0.2, 0) is 0 Å². The van der Waals surface area contributed by atoms with Crippen LogP contribution in [0.1, 0.15) is 25.4 Å². The second-order valence-corrected chi connectivity index (χ2v) is 6.38. The molecule has 126 valence electrons. The quantitative estimate of drug-likeness (QED) is 0.461. The number of hydrogen-bond donors (Lipinski definition) is 0. The maximum Gasteiger partial charge on any atom is 0.148 e.